The number of benzene rings is 1. The lowest BCUT2D eigenvalue weighted by Crippen LogP contribution is -2.49. The third-order valence-corrected chi connectivity index (χ3v) is 2.95. The molecule has 0 bridgehead atoms. The van der Waals surface area contributed by atoms with Gasteiger partial charge in [0.1, 0.15) is 0 Å². The molecule has 2 rings (SSSR count). The highest BCUT2D eigenvalue weighted by molar-refractivity contribution is 5.49. The molecule has 82 valence electrons. The van der Waals surface area contributed by atoms with Crippen molar-refractivity contribution in [1.82, 2.24) is 5.32 Å². The molecule has 15 heavy (non-hydrogen) atoms. The van der Waals surface area contributed by atoms with Crippen LogP contribution in [0.25, 0.3) is 0 Å². The van der Waals surface area contributed by atoms with Crippen LogP contribution in [0.5, 0.6) is 0 Å². The maximum atomic E-state index is 8.97. The van der Waals surface area contributed by atoms with Gasteiger partial charge in [0.05, 0.1) is 6.61 Å². The van der Waals surface area contributed by atoms with Gasteiger partial charge in [-0.15, -0.1) is 0 Å². The number of nitrogens with one attached hydrogen (secondary N) is 1. The third kappa shape index (κ3) is 2.30. The summed E-state index contributed by atoms with van der Waals surface area (Å²) in [4.78, 5) is 2.40. The van der Waals surface area contributed by atoms with Gasteiger partial charge in [0.15, 0.2) is 0 Å². The van der Waals surface area contributed by atoms with Gasteiger partial charge in [0, 0.05) is 31.4 Å². The Morgan fingerprint density at radius 2 is 2.13 bits per heavy atom. The molecule has 1 aliphatic rings. The summed E-state index contributed by atoms with van der Waals surface area (Å²) in [5.74, 6) is 0. The van der Waals surface area contributed by atoms with E-state index < -0.39 is 0 Å². The zero-order valence-corrected chi connectivity index (χ0v) is 9.11. The van der Waals surface area contributed by atoms with Gasteiger partial charge in [-0.3, -0.25) is 0 Å². The predicted octanol–water partition coefficient (Wildman–Crippen LogP) is 0.977. The van der Waals surface area contributed by atoms with E-state index in [0.29, 0.717) is 6.04 Å². The highest BCUT2D eigenvalue weighted by Gasteiger charge is 2.17. The molecule has 0 unspecified atom stereocenters. The van der Waals surface area contributed by atoms with E-state index in [4.69, 9.17) is 5.11 Å². The Bertz CT molecular complexity index is 310. The number of hydrogen-bond donors (Lipinski definition) is 2. The normalized spacial score (nSPS) is 21.7. The fraction of sp³-hybridized carbons (Fsp3) is 0.500. The van der Waals surface area contributed by atoms with E-state index in [-0.39, 0.29) is 6.61 Å². The average molecular weight is 206 g/mol. The lowest BCUT2D eigenvalue weighted by Gasteiger charge is -2.36. The second-order valence-corrected chi connectivity index (χ2v) is 4.07. The van der Waals surface area contributed by atoms with Crippen molar-refractivity contribution in [2.24, 2.45) is 0 Å². The fourth-order valence-corrected chi connectivity index (χ4v) is 2.02. The molecular weight excluding hydrogens is 188 g/mol. The first kappa shape index (κ1) is 10.5. The Morgan fingerprint density at radius 3 is 2.73 bits per heavy atom. The van der Waals surface area contributed by atoms with Crippen LogP contribution in [-0.2, 0) is 6.61 Å². The second-order valence-electron chi connectivity index (χ2n) is 4.07. The molecule has 1 saturated heterocycles. The minimum absolute atomic E-state index is 0.122. The van der Waals surface area contributed by atoms with Crippen molar-refractivity contribution < 1.29 is 5.11 Å². The van der Waals surface area contributed by atoms with E-state index in [1.807, 2.05) is 12.1 Å². The third-order valence-electron chi connectivity index (χ3n) is 2.95. The van der Waals surface area contributed by atoms with E-state index >= 15 is 0 Å². The van der Waals surface area contributed by atoms with Gasteiger partial charge in [0.2, 0.25) is 0 Å². The molecule has 1 aromatic rings. The maximum absolute atomic E-state index is 8.97. The first-order chi connectivity index (χ1) is 7.31. The van der Waals surface area contributed by atoms with E-state index in [0.717, 1.165) is 25.2 Å². The molecule has 0 aliphatic carbocycles. The largest absolute Gasteiger partial charge is 0.392 e. The highest BCUT2D eigenvalue weighted by Crippen LogP contribution is 2.18. The van der Waals surface area contributed by atoms with Crippen LogP contribution < -0.4 is 10.2 Å². The fourth-order valence-electron chi connectivity index (χ4n) is 2.02. The van der Waals surface area contributed by atoms with Crippen molar-refractivity contribution in [3.63, 3.8) is 0 Å². The molecule has 2 N–H and O–H groups in total. The minimum Gasteiger partial charge on any atom is -0.392 e. The first-order valence-electron chi connectivity index (χ1n) is 5.48. The zero-order chi connectivity index (χ0) is 10.7. The quantitative estimate of drug-likeness (QED) is 0.757. The predicted molar refractivity (Wildman–Crippen MR) is 62.0 cm³/mol. The maximum Gasteiger partial charge on any atom is 0.0681 e. The Kier molecular flexibility index (Phi) is 3.23. The molecule has 1 heterocycles. The van der Waals surface area contributed by atoms with Crippen LogP contribution in [0, 0.1) is 0 Å². The smallest absolute Gasteiger partial charge is 0.0681 e. The summed E-state index contributed by atoms with van der Waals surface area (Å²) in [5, 5.41) is 12.3. The van der Waals surface area contributed by atoms with Gasteiger partial charge in [-0.1, -0.05) is 12.1 Å². The Morgan fingerprint density at radius 1 is 1.40 bits per heavy atom. The summed E-state index contributed by atoms with van der Waals surface area (Å²) in [5.41, 5.74) is 2.22. The van der Waals surface area contributed by atoms with Gasteiger partial charge in [0.25, 0.3) is 0 Å². The van der Waals surface area contributed by atoms with Crippen molar-refractivity contribution in [2.75, 3.05) is 24.5 Å². The van der Waals surface area contributed by atoms with Crippen molar-refractivity contribution in [3.05, 3.63) is 29.8 Å². The van der Waals surface area contributed by atoms with Crippen LogP contribution >= 0.6 is 0 Å². The molecule has 3 nitrogen and oxygen atoms in total. The van der Waals surface area contributed by atoms with Gasteiger partial charge < -0.3 is 15.3 Å². The van der Waals surface area contributed by atoms with Crippen LogP contribution in [0.3, 0.4) is 0 Å². The molecule has 1 fully saturated rings. The van der Waals surface area contributed by atoms with Crippen LogP contribution in [0.1, 0.15) is 12.5 Å². The second kappa shape index (κ2) is 4.64. The van der Waals surface area contributed by atoms with Crippen molar-refractivity contribution in [3.8, 4) is 0 Å². The number of hydrogen-bond acceptors (Lipinski definition) is 3. The number of piperazine rings is 1. The topological polar surface area (TPSA) is 35.5 Å². The van der Waals surface area contributed by atoms with Crippen LogP contribution in [0.2, 0.25) is 0 Å². The number of anilines is 1. The van der Waals surface area contributed by atoms with E-state index in [1.165, 1.54) is 5.69 Å². The number of rotatable bonds is 2. The molecule has 0 radical (unpaired) electrons. The summed E-state index contributed by atoms with van der Waals surface area (Å²) in [6.45, 7) is 5.50. The number of aliphatic hydroxyl groups excluding tert-OH is 1. The Hall–Kier alpha value is -1.06. The summed E-state index contributed by atoms with van der Waals surface area (Å²) >= 11 is 0. The SMILES string of the molecule is C[C@H]1CNCCN1c1ccc(CO)cc1. The molecule has 1 aliphatic heterocycles. The molecule has 3 heteroatoms. The molecule has 0 amide bonds. The monoisotopic (exact) mass is 206 g/mol. The summed E-state index contributed by atoms with van der Waals surface area (Å²) < 4.78 is 0. The van der Waals surface area contributed by atoms with E-state index in [2.05, 4.69) is 29.3 Å². The van der Waals surface area contributed by atoms with E-state index in [9.17, 15) is 0 Å². The zero-order valence-electron chi connectivity index (χ0n) is 9.11. The Balaban J connectivity index is 2.13. The van der Waals surface area contributed by atoms with Gasteiger partial charge in [-0.2, -0.15) is 0 Å². The molecule has 1 aromatic carbocycles. The highest BCUT2D eigenvalue weighted by atomic mass is 16.3. The minimum atomic E-state index is 0.122. The van der Waals surface area contributed by atoms with Crippen molar-refractivity contribution in [1.29, 1.82) is 0 Å². The molecule has 0 spiro atoms. The summed E-state index contributed by atoms with van der Waals surface area (Å²) in [6, 6.07) is 8.70. The summed E-state index contributed by atoms with van der Waals surface area (Å²) in [7, 11) is 0. The molecule has 1 atom stereocenters. The Labute approximate surface area is 90.7 Å². The number of aliphatic hydroxyl groups is 1. The molecular formula is C12H18N2O. The lowest BCUT2D eigenvalue weighted by atomic mass is 10.1. The van der Waals surface area contributed by atoms with Crippen LogP contribution in [-0.4, -0.2) is 30.8 Å². The van der Waals surface area contributed by atoms with Crippen LogP contribution in [0.4, 0.5) is 5.69 Å². The van der Waals surface area contributed by atoms with Crippen molar-refractivity contribution in [2.45, 2.75) is 19.6 Å². The summed E-state index contributed by atoms with van der Waals surface area (Å²) in [6.07, 6.45) is 0. The lowest BCUT2D eigenvalue weighted by molar-refractivity contribution is 0.282. The van der Waals surface area contributed by atoms with Gasteiger partial charge in [-0.25, -0.2) is 0 Å². The van der Waals surface area contributed by atoms with E-state index in [1.54, 1.807) is 0 Å². The average Bonchev–Trinajstić information content (AvgIpc) is 2.30. The number of nitrogens with zero attached hydrogens (tertiary/aromatic N) is 1. The van der Waals surface area contributed by atoms with Crippen molar-refractivity contribution >= 4 is 5.69 Å². The molecule has 0 saturated carbocycles. The van der Waals surface area contributed by atoms with Crippen LogP contribution in [0.15, 0.2) is 24.3 Å². The van der Waals surface area contributed by atoms with Gasteiger partial charge in [-0.05, 0) is 24.6 Å². The molecule has 0 aromatic heterocycles. The first-order valence-corrected chi connectivity index (χ1v) is 5.48. The standard InChI is InChI=1S/C12H18N2O/c1-10-8-13-6-7-14(10)12-4-2-11(9-15)3-5-12/h2-5,10,13,15H,6-9H2,1H3/t10-/m0/s1. The van der Waals surface area contributed by atoms with Gasteiger partial charge >= 0.3 is 0 Å².